The second-order valence-corrected chi connectivity index (χ2v) is 5.00. The molecule has 1 aromatic heterocycles. The first-order valence-electron chi connectivity index (χ1n) is 6.96. The Bertz CT molecular complexity index is 799. The molecule has 0 atom stereocenters. The molecule has 0 saturated carbocycles. The van der Waals surface area contributed by atoms with Crippen LogP contribution in [0.5, 0.6) is 0 Å². The average Bonchev–Trinajstić information content (AvgIpc) is 2.78. The lowest BCUT2D eigenvalue weighted by Gasteiger charge is -2.07. The molecule has 1 amide bonds. The quantitative estimate of drug-likeness (QED) is 0.876. The SMILES string of the molecule is Cc1oc(C)c(C(=O)OCC(=O)Nc2ccccc2C#N)c1C. The summed E-state index contributed by atoms with van der Waals surface area (Å²) in [5.74, 6) is -0.0285. The lowest BCUT2D eigenvalue weighted by Crippen LogP contribution is -2.21. The van der Waals surface area contributed by atoms with Crippen molar-refractivity contribution in [2.45, 2.75) is 20.8 Å². The van der Waals surface area contributed by atoms with Crippen LogP contribution in [-0.2, 0) is 9.53 Å². The first-order valence-corrected chi connectivity index (χ1v) is 6.96. The Morgan fingerprint density at radius 3 is 2.52 bits per heavy atom. The molecular weight excluding hydrogens is 296 g/mol. The van der Waals surface area contributed by atoms with Crippen LogP contribution in [0, 0.1) is 32.1 Å². The number of hydrogen-bond donors (Lipinski definition) is 1. The van der Waals surface area contributed by atoms with Gasteiger partial charge in [-0.15, -0.1) is 0 Å². The van der Waals surface area contributed by atoms with E-state index in [1.54, 1.807) is 45.0 Å². The fourth-order valence-electron chi connectivity index (χ4n) is 2.17. The summed E-state index contributed by atoms with van der Waals surface area (Å²) in [6.45, 7) is 4.73. The van der Waals surface area contributed by atoms with E-state index >= 15 is 0 Å². The molecule has 1 heterocycles. The molecule has 2 rings (SSSR count). The molecule has 6 nitrogen and oxygen atoms in total. The smallest absolute Gasteiger partial charge is 0.342 e. The Morgan fingerprint density at radius 2 is 1.91 bits per heavy atom. The number of esters is 1. The molecule has 6 heteroatoms. The highest BCUT2D eigenvalue weighted by Gasteiger charge is 2.20. The molecule has 0 spiro atoms. The summed E-state index contributed by atoms with van der Waals surface area (Å²) in [5, 5.41) is 11.5. The van der Waals surface area contributed by atoms with E-state index < -0.39 is 18.5 Å². The number of nitriles is 1. The molecule has 0 radical (unpaired) electrons. The first-order chi connectivity index (χ1) is 10.9. The number of carbonyl (C=O) groups is 2. The molecule has 118 valence electrons. The van der Waals surface area contributed by atoms with Gasteiger partial charge in [0.2, 0.25) is 0 Å². The third kappa shape index (κ3) is 3.58. The van der Waals surface area contributed by atoms with Gasteiger partial charge in [0.25, 0.3) is 5.91 Å². The second kappa shape index (κ2) is 6.79. The predicted octanol–water partition coefficient (Wildman–Crippen LogP) is 2.87. The highest BCUT2D eigenvalue weighted by atomic mass is 16.5. The van der Waals surface area contributed by atoms with Crippen molar-refractivity contribution < 1.29 is 18.7 Å². The fourth-order valence-corrected chi connectivity index (χ4v) is 2.17. The summed E-state index contributed by atoms with van der Waals surface area (Å²) >= 11 is 0. The number of furan rings is 1. The molecule has 0 bridgehead atoms. The lowest BCUT2D eigenvalue weighted by atomic mass is 10.1. The number of hydrogen-bond acceptors (Lipinski definition) is 5. The second-order valence-electron chi connectivity index (χ2n) is 5.00. The third-order valence-corrected chi connectivity index (χ3v) is 3.42. The molecule has 0 aliphatic heterocycles. The van der Waals surface area contributed by atoms with Crippen molar-refractivity contribution in [3.8, 4) is 6.07 Å². The minimum Gasteiger partial charge on any atom is -0.465 e. The zero-order valence-electron chi connectivity index (χ0n) is 13.1. The van der Waals surface area contributed by atoms with Crippen molar-refractivity contribution in [1.29, 1.82) is 5.26 Å². The molecular formula is C17H16N2O4. The summed E-state index contributed by atoms with van der Waals surface area (Å²) in [6.07, 6.45) is 0. The number of rotatable bonds is 4. The summed E-state index contributed by atoms with van der Waals surface area (Å²) in [6, 6.07) is 8.56. The van der Waals surface area contributed by atoms with E-state index in [2.05, 4.69) is 5.32 Å². The van der Waals surface area contributed by atoms with E-state index in [9.17, 15) is 9.59 Å². The number of nitrogens with one attached hydrogen (secondary N) is 1. The molecule has 0 unspecified atom stereocenters. The summed E-state index contributed by atoms with van der Waals surface area (Å²) in [5.41, 5.74) is 1.75. The number of benzene rings is 1. The van der Waals surface area contributed by atoms with E-state index in [0.717, 1.165) is 0 Å². The summed E-state index contributed by atoms with van der Waals surface area (Å²) in [7, 11) is 0. The van der Waals surface area contributed by atoms with Gasteiger partial charge < -0.3 is 14.5 Å². The Hall–Kier alpha value is -3.07. The van der Waals surface area contributed by atoms with Gasteiger partial charge in [-0.25, -0.2) is 4.79 Å². The van der Waals surface area contributed by atoms with Gasteiger partial charge in [-0.2, -0.15) is 5.26 Å². The van der Waals surface area contributed by atoms with Crippen LogP contribution < -0.4 is 5.32 Å². The van der Waals surface area contributed by atoms with Crippen molar-refractivity contribution in [2.24, 2.45) is 0 Å². The largest absolute Gasteiger partial charge is 0.465 e. The molecule has 1 N–H and O–H groups in total. The maximum absolute atomic E-state index is 12.1. The highest BCUT2D eigenvalue weighted by molar-refractivity contribution is 5.97. The van der Waals surface area contributed by atoms with Crippen LogP contribution in [0.2, 0.25) is 0 Å². The normalized spacial score (nSPS) is 10.0. The Balaban J connectivity index is 1.99. The number of ether oxygens (including phenoxy) is 1. The molecule has 0 aliphatic rings. The highest BCUT2D eigenvalue weighted by Crippen LogP contribution is 2.21. The molecule has 1 aromatic carbocycles. The Kier molecular flexibility index (Phi) is 4.82. The van der Waals surface area contributed by atoms with Crippen LogP contribution in [0.4, 0.5) is 5.69 Å². The van der Waals surface area contributed by atoms with Crippen LogP contribution in [0.3, 0.4) is 0 Å². The number of aryl methyl sites for hydroxylation is 2. The van der Waals surface area contributed by atoms with E-state index in [4.69, 9.17) is 14.4 Å². The molecule has 0 aliphatic carbocycles. The maximum Gasteiger partial charge on any atom is 0.342 e. The molecule has 0 saturated heterocycles. The van der Waals surface area contributed by atoms with E-state index in [1.165, 1.54) is 0 Å². The van der Waals surface area contributed by atoms with Crippen LogP contribution in [0.15, 0.2) is 28.7 Å². The van der Waals surface area contributed by atoms with E-state index in [0.29, 0.717) is 33.9 Å². The van der Waals surface area contributed by atoms with Gasteiger partial charge in [0.05, 0.1) is 11.3 Å². The van der Waals surface area contributed by atoms with Gasteiger partial charge in [-0.1, -0.05) is 12.1 Å². The van der Waals surface area contributed by atoms with Gasteiger partial charge >= 0.3 is 5.97 Å². The number of para-hydroxylation sites is 1. The Labute approximate surface area is 133 Å². The molecule has 2 aromatic rings. The standard InChI is InChI=1S/C17H16N2O4/c1-10-11(2)23-12(3)16(10)17(21)22-9-15(20)19-14-7-5-4-6-13(14)8-18/h4-7H,9H2,1-3H3,(H,19,20). The first kappa shape index (κ1) is 16.3. The van der Waals surface area contributed by atoms with Crippen LogP contribution in [0.25, 0.3) is 0 Å². The van der Waals surface area contributed by atoms with Gasteiger partial charge in [0.15, 0.2) is 6.61 Å². The van der Waals surface area contributed by atoms with E-state index in [-0.39, 0.29) is 0 Å². The van der Waals surface area contributed by atoms with Crippen molar-refractivity contribution in [2.75, 3.05) is 11.9 Å². The van der Waals surface area contributed by atoms with Crippen molar-refractivity contribution in [3.63, 3.8) is 0 Å². The fraction of sp³-hybridized carbons (Fsp3) is 0.235. The number of nitrogens with zero attached hydrogens (tertiary/aromatic N) is 1. The van der Waals surface area contributed by atoms with Gasteiger partial charge in [-0.3, -0.25) is 4.79 Å². The molecule has 0 fully saturated rings. The van der Waals surface area contributed by atoms with E-state index in [1.807, 2.05) is 6.07 Å². The third-order valence-electron chi connectivity index (χ3n) is 3.42. The van der Waals surface area contributed by atoms with Gasteiger partial charge in [-0.05, 0) is 32.9 Å². The monoisotopic (exact) mass is 312 g/mol. The predicted molar refractivity (Wildman–Crippen MR) is 83.0 cm³/mol. The van der Waals surface area contributed by atoms with Crippen molar-refractivity contribution >= 4 is 17.6 Å². The van der Waals surface area contributed by atoms with Gasteiger partial charge in [0.1, 0.15) is 23.2 Å². The number of anilines is 1. The van der Waals surface area contributed by atoms with Gasteiger partial charge in [0, 0.05) is 5.56 Å². The zero-order chi connectivity index (χ0) is 17.0. The Morgan fingerprint density at radius 1 is 1.22 bits per heavy atom. The van der Waals surface area contributed by atoms with Crippen molar-refractivity contribution in [1.82, 2.24) is 0 Å². The summed E-state index contributed by atoms with van der Waals surface area (Å²) in [4.78, 5) is 23.9. The topological polar surface area (TPSA) is 92.3 Å². The zero-order valence-corrected chi connectivity index (χ0v) is 13.1. The minimum absolute atomic E-state index is 0.337. The lowest BCUT2D eigenvalue weighted by molar-refractivity contribution is -0.119. The molecule has 23 heavy (non-hydrogen) atoms. The minimum atomic E-state index is -0.611. The van der Waals surface area contributed by atoms with Crippen LogP contribution in [-0.4, -0.2) is 18.5 Å². The maximum atomic E-state index is 12.1. The number of carbonyl (C=O) groups excluding carboxylic acids is 2. The number of amides is 1. The van der Waals surface area contributed by atoms with Crippen molar-refractivity contribution in [3.05, 3.63) is 52.5 Å². The summed E-state index contributed by atoms with van der Waals surface area (Å²) < 4.78 is 10.4. The average molecular weight is 312 g/mol. The van der Waals surface area contributed by atoms with Crippen LogP contribution in [0.1, 0.15) is 33.0 Å². The van der Waals surface area contributed by atoms with Crippen LogP contribution >= 0.6 is 0 Å².